The lowest BCUT2D eigenvalue weighted by Crippen LogP contribution is -2.28. The number of thiophene rings is 1. The lowest BCUT2D eigenvalue weighted by Gasteiger charge is -2.22. The highest BCUT2D eigenvalue weighted by molar-refractivity contribution is 7.09. The third kappa shape index (κ3) is 5.52. The normalized spacial score (nSPS) is 10.8. The van der Waals surface area contributed by atoms with Crippen molar-refractivity contribution < 1.29 is 14.5 Å². The second-order valence-corrected chi connectivity index (χ2v) is 7.30. The summed E-state index contributed by atoms with van der Waals surface area (Å²) >= 11 is 1.58. The fraction of sp³-hybridized carbons (Fsp3) is 0.136. The van der Waals surface area contributed by atoms with Crippen LogP contribution in [0.4, 0.5) is 5.69 Å². The van der Waals surface area contributed by atoms with Gasteiger partial charge >= 0.3 is 0 Å². The average molecular weight is 408 g/mol. The van der Waals surface area contributed by atoms with Gasteiger partial charge in [0, 0.05) is 35.2 Å². The first-order chi connectivity index (χ1) is 14.1. The summed E-state index contributed by atoms with van der Waals surface area (Å²) in [6.07, 6.45) is 3.04. The van der Waals surface area contributed by atoms with E-state index in [2.05, 4.69) is 0 Å². The van der Waals surface area contributed by atoms with Crippen molar-refractivity contribution in [3.8, 4) is 5.75 Å². The molecule has 0 unspecified atom stereocenters. The van der Waals surface area contributed by atoms with Gasteiger partial charge in [-0.05, 0) is 29.2 Å². The van der Waals surface area contributed by atoms with Crippen LogP contribution in [0.5, 0.6) is 5.75 Å². The van der Waals surface area contributed by atoms with Gasteiger partial charge in [0.1, 0.15) is 5.75 Å². The summed E-state index contributed by atoms with van der Waals surface area (Å²) in [6, 6.07) is 17.7. The number of carbonyl (C=O) groups excluding carboxylic acids is 1. The quantitative estimate of drug-likeness (QED) is 0.302. The summed E-state index contributed by atoms with van der Waals surface area (Å²) < 4.78 is 5.41. The maximum Gasteiger partial charge on any atom is 0.270 e. The summed E-state index contributed by atoms with van der Waals surface area (Å²) in [5.41, 5.74) is 1.49. The van der Waals surface area contributed by atoms with Gasteiger partial charge in [-0.3, -0.25) is 14.9 Å². The Balaban J connectivity index is 1.82. The molecule has 7 heteroatoms. The molecular weight excluding hydrogens is 388 g/mol. The molecule has 0 N–H and O–H groups in total. The topological polar surface area (TPSA) is 72.7 Å². The molecule has 148 valence electrons. The minimum atomic E-state index is -0.454. The number of hydrogen-bond donors (Lipinski definition) is 0. The standard InChI is InChI=1S/C22H20N2O4S/c1-28-21-10-3-2-7-18(21)15-23(16-20-9-5-13-29-20)22(25)12-11-17-6-4-8-19(14-17)24(26)27/h2-14H,15-16H2,1H3. The maximum absolute atomic E-state index is 12.9. The Kier molecular flexibility index (Phi) is 6.76. The molecule has 3 rings (SSSR count). The molecule has 29 heavy (non-hydrogen) atoms. The van der Waals surface area contributed by atoms with Crippen molar-refractivity contribution >= 4 is 29.0 Å². The third-order valence-electron chi connectivity index (χ3n) is 4.29. The Morgan fingerprint density at radius 1 is 1.14 bits per heavy atom. The molecule has 0 aliphatic carbocycles. The zero-order valence-corrected chi connectivity index (χ0v) is 16.7. The van der Waals surface area contributed by atoms with Crippen molar-refractivity contribution in [3.63, 3.8) is 0 Å². The van der Waals surface area contributed by atoms with Crippen molar-refractivity contribution in [2.24, 2.45) is 0 Å². The molecule has 0 aliphatic heterocycles. The van der Waals surface area contributed by atoms with Crippen LogP contribution in [0.3, 0.4) is 0 Å². The number of rotatable bonds is 8. The molecule has 6 nitrogen and oxygen atoms in total. The van der Waals surface area contributed by atoms with Crippen molar-refractivity contribution in [3.05, 3.63) is 98.2 Å². The Labute approximate surface area is 172 Å². The highest BCUT2D eigenvalue weighted by atomic mass is 32.1. The second-order valence-electron chi connectivity index (χ2n) is 6.27. The monoisotopic (exact) mass is 408 g/mol. The molecule has 0 radical (unpaired) electrons. The van der Waals surface area contributed by atoms with Crippen molar-refractivity contribution in [2.75, 3.05) is 7.11 Å². The molecule has 0 atom stereocenters. The van der Waals surface area contributed by atoms with Gasteiger partial charge in [-0.25, -0.2) is 0 Å². The fourth-order valence-corrected chi connectivity index (χ4v) is 3.58. The van der Waals surface area contributed by atoms with E-state index in [0.29, 0.717) is 18.7 Å². The number of para-hydroxylation sites is 1. The van der Waals surface area contributed by atoms with Gasteiger partial charge in [0.25, 0.3) is 5.69 Å². The van der Waals surface area contributed by atoms with Gasteiger partial charge in [0.15, 0.2) is 0 Å². The van der Waals surface area contributed by atoms with E-state index < -0.39 is 4.92 Å². The summed E-state index contributed by atoms with van der Waals surface area (Å²) in [7, 11) is 1.60. The number of nitro benzene ring substituents is 1. The van der Waals surface area contributed by atoms with Crippen LogP contribution in [0.15, 0.2) is 72.1 Å². The SMILES string of the molecule is COc1ccccc1CN(Cc1cccs1)C(=O)C=Cc1cccc([N+](=O)[O-])c1. The number of non-ortho nitro benzene ring substituents is 1. The number of hydrogen-bond acceptors (Lipinski definition) is 5. The maximum atomic E-state index is 12.9. The summed E-state index contributed by atoms with van der Waals surface area (Å²) in [5.74, 6) is 0.537. The van der Waals surface area contributed by atoms with E-state index in [1.807, 2.05) is 41.8 Å². The lowest BCUT2D eigenvalue weighted by molar-refractivity contribution is -0.384. The van der Waals surface area contributed by atoms with Gasteiger partial charge in [0.05, 0.1) is 18.6 Å². The van der Waals surface area contributed by atoms with Gasteiger partial charge in [0.2, 0.25) is 5.91 Å². The van der Waals surface area contributed by atoms with Crippen LogP contribution in [-0.4, -0.2) is 22.8 Å². The molecule has 0 aliphatic rings. The van der Waals surface area contributed by atoms with Crippen LogP contribution in [0, 0.1) is 10.1 Å². The molecular formula is C22H20N2O4S. The van der Waals surface area contributed by atoms with Crippen LogP contribution < -0.4 is 4.74 Å². The van der Waals surface area contributed by atoms with Gasteiger partial charge in [-0.15, -0.1) is 11.3 Å². The summed E-state index contributed by atoms with van der Waals surface area (Å²) in [5, 5.41) is 12.9. The average Bonchev–Trinajstić information content (AvgIpc) is 3.25. The van der Waals surface area contributed by atoms with E-state index in [4.69, 9.17) is 4.74 Å². The lowest BCUT2D eigenvalue weighted by atomic mass is 10.1. The third-order valence-corrected chi connectivity index (χ3v) is 5.15. The Hall–Kier alpha value is -3.45. The molecule has 1 heterocycles. The van der Waals surface area contributed by atoms with Crippen LogP contribution in [-0.2, 0) is 17.9 Å². The number of ether oxygens (including phenoxy) is 1. The fourth-order valence-electron chi connectivity index (χ4n) is 2.86. The van der Waals surface area contributed by atoms with Crippen molar-refractivity contribution in [1.82, 2.24) is 4.90 Å². The largest absolute Gasteiger partial charge is 0.496 e. The Bertz CT molecular complexity index is 1020. The van der Waals surface area contributed by atoms with Crippen molar-refractivity contribution in [1.29, 1.82) is 0 Å². The first kappa shape index (κ1) is 20.3. The van der Waals surface area contributed by atoms with Crippen LogP contribution in [0.2, 0.25) is 0 Å². The molecule has 0 saturated heterocycles. The number of methoxy groups -OCH3 is 1. The molecule has 0 bridgehead atoms. The predicted octanol–water partition coefficient (Wildman–Crippen LogP) is 4.91. The zero-order chi connectivity index (χ0) is 20.6. The van der Waals surface area contributed by atoms with Crippen molar-refractivity contribution in [2.45, 2.75) is 13.1 Å². The zero-order valence-electron chi connectivity index (χ0n) is 15.9. The van der Waals surface area contributed by atoms with E-state index in [-0.39, 0.29) is 11.6 Å². The highest BCUT2D eigenvalue weighted by Gasteiger charge is 2.15. The number of nitrogens with zero attached hydrogens (tertiary/aromatic N) is 2. The second kappa shape index (κ2) is 9.66. The minimum Gasteiger partial charge on any atom is -0.496 e. The summed E-state index contributed by atoms with van der Waals surface area (Å²) in [6.45, 7) is 0.855. The van der Waals surface area contributed by atoms with Crippen LogP contribution in [0.25, 0.3) is 6.08 Å². The van der Waals surface area contributed by atoms with E-state index in [1.165, 1.54) is 18.2 Å². The molecule has 3 aromatic rings. The van der Waals surface area contributed by atoms with E-state index >= 15 is 0 Å². The van der Waals surface area contributed by atoms with Gasteiger partial charge < -0.3 is 9.64 Å². The molecule has 0 fully saturated rings. The first-order valence-electron chi connectivity index (χ1n) is 8.92. The molecule has 0 spiro atoms. The molecule has 1 amide bonds. The predicted molar refractivity (Wildman–Crippen MR) is 114 cm³/mol. The highest BCUT2D eigenvalue weighted by Crippen LogP contribution is 2.22. The Morgan fingerprint density at radius 2 is 1.97 bits per heavy atom. The number of benzene rings is 2. The van der Waals surface area contributed by atoms with E-state index in [9.17, 15) is 14.9 Å². The van der Waals surface area contributed by atoms with E-state index in [1.54, 1.807) is 41.6 Å². The summed E-state index contributed by atoms with van der Waals surface area (Å²) in [4.78, 5) is 26.2. The van der Waals surface area contributed by atoms with E-state index in [0.717, 1.165) is 16.2 Å². The Morgan fingerprint density at radius 3 is 2.69 bits per heavy atom. The first-order valence-corrected chi connectivity index (χ1v) is 9.80. The minimum absolute atomic E-state index is 0.0101. The smallest absolute Gasteiger partial charge is 0.270 e. The van der Waals surface area contributed by atoms with Gasteiger partial charge in [-0.2, -0.15) is 0 Å². The molecule has 1 aromatic heterocycles. The number of amides is 1. The van der Waals surface area contributed by atoms with Crippen LogP contribution >= 0.6 is 11.3 Å². The molecule has 0 saturated carbocycles. The number of carbonyl (C=O) groups is 1. The molecule has 2 aromatic carbocycles. The van der Waals surface area contributed by atoms with Gasteiger partial charge in [-0.1, -0.05) is 36.4 Å². The van der Waals surface area contributed by atoms with Crippen LogP contribution in [0.1, 0.15) is 16.0 Å². The number of nitro groups is 1.